The molecule has 2 aromatic heterocycles. The highest BCUT2D eigenvalue weighted by Crippen LogP contribution is 2.31. The molecule has 1 amide bonds. The van der Waals surface area contributed by atoms with Crippen LogP contribution in [0.4, 0.5) is 0 Å². The minimum Gasteiger partial charge on any atom is -0.506 e. The van der Waals surface area contributed by atoms with Gasteiger partial charge in [0.05, 0.1) is 16.5 Å². The van der Waals surface area contributed by atoms with Gasteiger partial charge in [0.2, 0.25) is 0 Å². The van der Waals surface area contributed by atoms with Crippen molar-refractivity contribution in [2.24, 2.45) is 0 Å². The predicted molar refractivity (Wildman–Crippen MR) is 97.5 cm³/mol. The van der Waals surface area contributed by atoms with E-state index in [1.165, 1.54) is 0 Å². The van der Waals surface area contributed by atoms with Crippen LogP contribution in [0.25, 0.3) is 21.7 Å². The fraction of sp³-hybridized carbons (Fsp3) is 0.333. The van der Waals surface area contributed by atoms with E-state index in [0.29, 0.717) is 28.5 Å². The first kappa shape index (κ1) is 16.1. The van der Waals surface area contributed by atoms with Crippen LogP contribution in [0, 0.1) is 0 Å². The van der Waals surface area contributed by atoms with E-state index in [0.717, 1.165) is 30.6 Å². The number of H-pyrrole nitrogens is 1. The van der Waals surface area contributed by atoms with Gasteiger partial charge in [-0.05, 0) is 36.4 Å². The number of amides is 1. The number of carbonyl (C=O) groups is 1. The number of carbonyl (C=O) groups excluding carboxylic acids is 1. The van der Waals surface area contributed by atoms with Gasteiger partial charge in [-0.1, -0.05) is 6.07 Å². The van der Waals surface area contributed by atoms with Gasteiger partial charge >= 0.3 is 0 Å². The number of hydrogen-bond acceptors (Lipinski definition) is 4. The molecule has 1 aliphatic carbocycles. The molecule has 0 bridgehead atoms. The SMILES string of the molecule is [NH3+]C1CCC(NC(=O)c2ccc(O)c3[nH]c(-c4cccs4)nc23)CC1. The van der Waals surface area contributed by atoms with Gasteiger partial charge in [-0.2, -0.15) is 0 Å². The van der Waals surface area contributed by atoms with Crippen LogP contribution < -0.4 is 11.1 Å². The maximum absolute atomic E-state index is 12.8. The van der Waals surface area contributed by atoms with Crippen LogP contribution >= 0.6 is 11.3 Å². The lowest BCUT2D eigenvalue weighted by atomic mass is 9.91. The van der Waals surface area contributed by atoms with E-state index in [1.54, 1.807) is 23.5 Å². The first-order valence-corrected chi connectivity index (χ1v) is 9.39. The monoisotopic (exact) mass is 357 g/mol. The van der Waals surface area contributed by atoms with Gasteiger partial charge in [0, 0.05) is 18.9 Å². The van der Waals surface area contributed by atoms with E-state index < -0.39 is 0 Å². The first-order valence-electron chi connectivity index (χ1n) is 8.51. The Morgan fingerprint density at radius 1 is 1.28 bits per heavy atom. The smallest absolute Gasteiger partial charge is 0.253 e. The Morgan fingerprint density at radius 2 is 2.08 bits per heavy atom. The number of aromatic amines is 1. The number of phenolic OH excluding ortho intramolecular Hbond substituents is 1. The average molecular weight is 357 g/mol. The minimum atomic E-state index is -0.137. The molecule has 1 saturated carbocycles. The second kappa shape index (κ2) is 6.50. The summed E-state index contributed by atoms with van der Waals surface area (Å²) in [6.45, 7) is 0. The summed E-state index contributed by atoms with van der Waals surface area (Å²) in [6.07, 6.45) is 4.01. The van der Waals surface area contributed by atoms with Crippen molar-refractivity contribution in [3.63, 3.8) is 0 Å². The molecule has 0 atom stereocenters. The third kappa shape index (κ3) is 3.12. The summed E-state index contributed by atoms with van der Waals surface area (Å²) in [4.78, 5) is 21.4. The zero-order valence-electron chi connectivity index (χ0n) is 13.8. The van der Waals surface area contributed by atoms with E-state index in [9.17, 15) is 9.90 Å². The molecule has 0 spiro atoms. The normalized spacial score (nSPS) is 20.7. The highest BCUT2D eigenvalue weighted by molar-refractivity contribution is 7.13. The Labute approximate surface area is 149 Å². The summed E-state index contributed by atoms with van der Waals surface area (Å²) in [5, 5.41) is 15.2. The molecule has 0 unspecified atom stereocenters. The van der Waals surface area contributed by atoms with Gasteiger partial charge < -0.3 is 21.1 Å². The van der Waals surface area contributed by atoms with Crippen molar-refractivity contribution in [3.8, 4) is 16.5 Å². The number of aromatic nitrogens is 2. The molecule has 3 aromatic rings. The number of hydrogen-bond donors (Lipinski definition) is 4. The van der Waals surface area contributed by atoms with Crippen molar-refractivity contribution >= 4 is 28.3 Å². The van der Waals surface area contributed by atoms with Gasteiger partial charge in [-0.3, -0.25) is 4.79 Å². The summed E-state index contributed by atoms with van der Waals surface area (Å²) in [5.41, 5.74) is 5.59. The Balaban J connectivity index is 1.65. The third-order valence-corrected chi connectivity index (χ3v) is 5.68. The second-order valence-corrected chi connectivity index (χ2v) is 7.56. The highest BCUT2D eigenvalue weighted by Gasteiger charge is 2.24. The Hall–Kier alpha value is -2.38. The van der Waals surface area contributed by atoms with Crippen LogP contribution in [0.3, 0.4) is 0 Å². The predicted octanol–water partition coefficient (Wildman–Crippen LogP) is 2.28. The lowest BCUT2D eigenvalue weighted by Crippen LogP contribution is -2.62. The third-order valence-electron chi connectivity index (χ3n) is 4.80. The van der Waals surface area contributed by atoms with Gasteiger partial charge in [-0.25, -0.2) is 4.98 Å². The molecular formula is C18H21N4O2S+. The maximum Gasteiger partial charge on any atom is 0.253 e. The second-order valence-electron chi connectivity index (χ2n) is 6.61. The Kier molecular flexibility index (Phi) is 4.19. The Morgan fingerprint density at radius 3 is 2.80 bits per heavy atom. The van der Waals surface area contributed by atoms with Crippen molar-refractivity contribution in [3.05, 3.63) is 35.2 Å². The molecule has 7 heteroatoms. The lowest BCUT2D eigenvalue weighted by Gasteiger charge is -2.25. The first-order chi connectivity index (χ1) is 12.1. The molecule has 0 saturated heterocycles. The van der Waals surface area contributed by atoms with Gasteiger partial charge in [-0.15, -0.1) is 11.3 Å². The zero-order chi connectivity index (χ0) is 17.4. The lowest BCUT2D eigenvalue weighted by molar-refractivity contribution is -0.425. The van der Waals surface area contributed by atoms with E-state index in [2.05, 4.69) is 21.0 Å². The van der Waals surface area contributed by atoms with E-state index >= 15 is 0 Å². The number of quaternary nitrogens is 1. The molecule has 130 valence electrons. The van der Waals surface area contributed by atoms with Crippen LogP contribution in [0.5, 0.6) is 5.75 Å². The molecule has 4 rings (SSSR count). The number of imidazole rings is 1. The molecule has 0 aliphatic heterocycles. The summed E-state index contributed by atoms with van der Waals surface area (Å²) in [5.74, 6) is 0.624. The summed E-state index contributed by atoms with van der Waals surface area (Å²) in [7, 11) is 0. The van der Waals surface area contributed by atoms with Gasteiger partial charge in [0.1, 0.15) is 22.6 Å². The van der Waals surface area contributed by atoms with Crippen molar-refractivity contribution in [2.75, 3.05) is 0 Å². The topological polar surface area (TPSA) is 106 Å². The molecular weight excluding hydrogens is 336 g/mol. The van der Waals surface area contributed by atoms with E-state index in [-0.39, 0.29) is 17.7 Å². The molecule has 1 aromatic carbocycles. The number of aromatic hydroxyl groups is 1. The maximum atomic E-state index is 12.8. The number of rotatable bonds is 3. The number of thiophene rings is 1. The van der Waals surface area contributed by atoms with Crippen molar-refractivity contribution in [1.29, 1.82) is 0 Å². The molecule has 6 N–H and O–H groups in total. The molecule has 2 heterocycles. The van der Waals surface area contributed by atoms with Crippen LogP contribution in [0.2, 0.25) is 0 Å². The average Bonchev–Trinajstić information content (AvgIpc) is 3.26. The quantitative estimate of drug-likeness (QED) is 0.578. The summed E-state index contributed by atoms with van der Waals surface area (Å²) in [6, 6.07) is 7.76. The van der Waals surface area contributed by atoms with E-state index in [4.69, 9.17) is 0 Å². The number of phenols is 1. The number of benzene rings is 1. The highest BCUT2D eigenvalue weighted by atomic mass is 32.1. The Bertz CT molecular complexity index is 895. The minimum absolute atomic E-state index is 0.0967. The van der Waals surface area contributed by atoms with Crippen LogP contribution in [0.15, 0.2) is 29.6 Å². The van der Waals surface area contributed by atoms with Crippen molar-refractivity contribution in [1.82, 2.24) is 15.3 Å². The van der Waals surface area contributed by atoms with Crippen LogP contribution in [-0.4, -0.2) is 33.1 Å². The van der Waals surface area contributed by atoms with E-state index in [1.807, 2.05) is 17.5 Å². The molecule has 6 nitrogen and oxygen atoms in total. The number of fused-ring (bicyclic) bond motifs is 1. The van der Waals surface area contributed by atoms with Gasteiger partial charge in [0.15, 0.2) is 0 Å². The molecule has 1 aliphatic rings. The zero-order valence-corrected chi connectivity index (χ0v) is 14.6. The van der Waals surface area contributed by atoms with Crippen molar-refractivity contribution < 1.29 is 15.6 Å². The molecule has 1 fully saturated rings. The number of nitrogens with zero attached hydrogens (tertiary/aromatic N) is 1. The molecule has 25 heavy (non-hydrogen) atoms. The molecule has 0 radical (unpaired) electrons. The van der Waals surface area contributed by atoms with Crippen LogP contribution in [0.1, 0.15) is 36.0 Å². The standard InChI is InChI=1S/C18H20N4O2S/c19-10-3-5-11(6-4-10)20-18(24)12-7-8-13(23)16-15(12)21-17(22-16)14-2-1-9-25-14/h1-2,7-11,23H,3-6,19H2,(H,20,24)(H,21,22)/p+1. The fourth-order valence-corrected chi connectivity index (χ4v) is 4.03. The van der Waals surface area contributed by atoms with Crippen molar-refractivity contribution in [2.45, 2.75) is 37.8 Å². The number of nitrogens with one attached hydrogen (secondary N) is 2. The summed E-state index contributed by atoms with van der Waals surface area (Å²) >= 11 is 1.56. The largest absolute Gasteiger partial charge is 0.506 e. The fourth-order valence-electron chi connectivity index (χ4n) is 3.36. The van der Waals surface area contributed by atoms with Crippen LogP contribution in [-0.2, 0) is 0 Å². The summed E-state index contributed by atoms with van der Waals surface area (Å²) < 4.78 is 0. The van der Waals surface area contributed by atoms with Gasteiger partial charge in [0.25, 0.3) is 5.91 Å².